The summed E-state index contributed by atoms with van der Waals surface area (Å²) in [7, 11) is 0. The second-order valence-corrected chi connectivity index (χ2v) is 3.67. The average Bonchev–Trinajstić information content (AvgIpc) is 1.82. The van der Waals surface area contributed by atoms with E-state index in [1.54, 1.807) is 11.8 Å². The lowest BCUT2D eigenvalue weighted by atomic mass is 10.1. The second kappa shape index (κ2) is 4.69. The zero-order chi connectivity index (χ0) is 7.28. The summed E-state index contributed by atoms with van der Waals surface area (Å²) in [5.41, 5.74) is 0. The minimum absolute atomic E-state index is 0.190. The molecule has 2 heteroatoms. The number of thioether (sulfide) groups is 1. The van der Waals surface area contributed by atoms with Crippen LogP contribution in [0.1, 0.15) is 20.8 Å². The van der Waals surface area contributed by atoms with Crippen LogP contribution in [0.2, 0.25) is 0 Å². The molecule has 1 unspecified atom stereocenters. The van der Waals surface area contributed by atoms with Crippen molar-refractivity contribution in [2.45, 2.75) is 26.0 Å². The van der Waals surface area contributed by atoms with E-state index in [2.05, 4.69) is 26.8 Å². The Hall–Kier alpha value is -0.160. The van der Waals surface area contributed by atoms with Crippen LogP contribution in [0.25, 0.3) is 0 Å². The van der Waals surface area contributed by atoms with Gasteiger partial charge >= 0.3 is 0 Å². The van der Waals surface area contributed by atoms with Crippen molar-refractivity contribution in [1.82, 2.24) is 0 Å². The SMILES string of the molecule is CCSC(C#N)C(C)C. The second-order valence-electron chi connectivity index (χ2n) is 2.25. The van der Waals surface area contributed by atoms with Gasteiger partial charge in [-0.25, -0.2) is 0 Å². The molecule has 0 fully saturated rings. The molecule has 0 aliphatic carbocycles. The molecule has 0 aromatic carbocycles. The van der Waals surface area contributed by atoms with E-state index in [9.17, 15) is 0 Å². The van der Waals surface area contributed by atoms with E-state index in [0.717, 1.165) is 5.75 Å². The Labute approximate surface area is 61.4 Å². The average molecular weight is 143 g/mol. The molecule has 1 nitrogen and oxygen atoms in total. The van der Waals surface area contributed by atoms with Gasteiger partial charge < -0.3 is 0 Å². The van der Waals surface area contributed by atoms with Gasteiger partial charge in [0.25, 0.3) is 0 Å². The molecular weight excluding hydrogens is 130 g/mol. The van der Waals surface area contributed by atoms with E-state index >= 15 is 0 Å². The predicted molar refractivity (Wildman–Crippen MR) is 42.4 cm³/mol. The number of hydrogen-bond donors (Lipinski definition) is 0. The van der Waals surface area contributed by atoms with Gasteiger partial charge in [0.1, 0.15) is 0 Å². The van der Waals surface area contributed by atoms with Crippen molar-refractivity contribution in [3.8, 4) is 6.07 Å². The molecule has 0 bridgehead atoms. The maximum absolute atomic E-state index is 8.56. The third-order valence-electron chi connectivity index (χ3n) is 1.08. The molecule has 0 amide bonds. The Balaban J connectivity index is 3.58. The summed E-state index contributed by atoms with van der Waals surface area (Å²) < 4.78 is 0. The summed E-state index contributed by atoms with van der Waals surface area (Å²) in [6.07, 6.45) is 0. The quantitative estimate of drug-likeness (QED) is 0.605. The van der Waals surface area contributed by atoms with Gasteiger partial charge in [0.2, 0.25) is 0 Å². The number of nitriles is 1. The molecule has 1 atom stereocenters. The lowest BCUT2D eigenvalue weighted by Gasteiger charge is -2.09. The highest BCUT2D eigenvalue weighted by Crippen LogP contribution is 2.17. The van der Waals surface area contributed by atoms with Gasteiger partial charge in [-0.2, -0.15) is 5.26 Å². The fourth-order valence-electron chi connectivity index (χ4n) is 0.558. The Bertz CT molecular complexity index is 104. The van der Waals surface area contributed by atoms with Gasteiger partial charge in [-0.1, -0.05) is 20.8 Å². The number of rotatable bonds is 3. The molecule has 0 rings (SSSR count). The zero-order valence-electron chi connectivity index (χ0n) is 6.22. The first-order valence-corrected chi connectivity index (χ1v) is 4.28. The molecule has 0 spiro atoms. The van der Waals surface area contributed by atoms with Crippen molar-refractivity contribution < 1.29 is 0 Å². The predicted octanol–water partition coefficient (Wildman–Crippen LogP) is 2.29. The van der Waals surface area contributed by atoms with Gasteiger partial charge in [0, 0.05) is 0 Å². The highest BCUT2D eigenvalue weighted by Gasteiger charge is 2.09. The number of nitrogens with zero attached hydrogens (tertiary/aromatic N) is 1. The van der Waals surface area contributed by atoms with E-state index < -0.39 is 0 Å². The molecule has 0 radical (unpaired) electrons. The first-order chi connectivity index (χ1) is 4.22. The Morgan fingerprint density at radius 2 is 2.11 bits per heavy atom. The Morgan fingerprint density at radius 1 is 1.56 bits per heavy atom. The van der Waals surface area contributed by atoms with Crippen molar-refractivity contribution in [1.29, 1.82) is 5.26 Å². The smallest absolute Gasteiger partial charge is 0.0939 e. The van der Waals surface area contributed by atoms with Crippen LogP contribution >= 0.6 is 11.8 Å². The van der Waals surface area contributed by atoms with Crippen molar-refractivity contribution in [3.05, 3.63) is 0 Å². The molecule has 0 saturated carbocycles. The van der Waals surface area contributed by atoms with E-state index in [4.69, 9.17) is 5.26 Å². The minimum Gasteiger partial charge on any atom is -0.197 e. The van der Waals surface area contributed by atoms with Crippen LogP contribution < -0.4 is 0 Å². The Morgan fingerprint density at radius 3 is 2.22 bits per heavy atom. The summed E-state index contributed by atoms with van der Waals surface area (Å²) in [6, 6.07) is 2.27. The normalized spacial score (nSPS) is 13.2. The molecule has 9 heavy (non-hydrogen) atoms. The van der Waals surface area contributed by atoms with Crippen LogP contribution in [0.5, 0.6) is 0 Å². The minimum atomic E-state index is 0.190. The standard InChI is InChI=1S/C7H13NS/c1-4-9-7(5-8)6(2)3/h6-7H,4H2,1-3H3. The molecular formula is C7H13NS. The third kappa shape index (κ3) is 3.42. The van der Waals surface area contributed by atoms with Crippen molar-refractivity contribution in [3.63, 3.8) is 0 Å². The van der Waals surface area contributed by atoms with E-state index in [1.165, 1.54) is 0 Å². The first-order valence-electron chi connectivity index (χ1n) is 3.23. The first kappa shape index (κ1) is 8.84. The van der Waals surface area contributed by atoms with Crippen LogP contribution in [0.3, 0.4) is 0 Å². The Kier molecular flexibility index (Phi) is 4.61. The highest BCUT2D eigenvalue weighted by atomic mass is 32.2. The maximum atomic E-state index is 8.56. The van der Waals surface area contributed by atoms with E-state index in [1.807, 2.05) is 0 Å². The fourth-order valence-corrected chi connectivity index (χ4v) is 1.38. The van der Waals surface area contributed by atoms with Gasteiger partial charge in [-0.3, -0.25) is 0 Å². The van der Waals surface area contributed by atoms with Gasteiger partial charge in [0.15, 0.2) is 0 Å². The van der Waals surface area contributed by atoms with Crippen LogP contribution in [-0.4, -0.2) is 11.0 Å². The highest BCUT2D eigenvalue weighted by molar-refractivity contribution is 8.00. The van der Waals surface area contributed by atoms with Crippen molar-refractivity contribution in [2.24, 2.45) is 5.92 Å². The lowest BCUT2D eigenvalue weighted by molar-refractivity contribution is 0.685. The van der Waals surface area contributed by atoms with E-state index in [0.29, 0.717) is 5.92 Å². The summed E-state index contributed by atoms with van der Waals surface area (Å²) in [4.78, 5) is 0. The monoisotopic (exact) mass is 143 g/mol. The summed E-state index contributed by atoms with van der Waals surface area (Å²) in [6.45, 7) is 6.24. The molecule has 52 valence electrons. The van der Waals surface area contributed by atoms with Gasteiger partial charge in [-0.15, -0.1) is 11.8 Å². The molecule has 0 aromatic heterocycles. The van der Waals surface area contributed by atoms with Crippen molar-refractivity contribution >= 4 is 11.8 Å². The number of hydrogen-bond acceptors (Lipinski definition) is 2. The molecule has 0 saturated heterocycles. The summed E-state index contributed by atoms with van der Waals surface area (Å²) >= 11 is 1.72. The molecule has 0 heterocycles. The fraction of sp³-hybridized carbons (Fsp3) is 0.857. The lowest BCUT2D eigenvalue weighted by Crippen LogP contribution is -2.07. The van der Waals surface area contributed by atoms with Crippen LogP contribution in [0, 0.1) is 17.2 Å². The van der Waals surface area contributed by atoms with Crippen molar-refractivity contribution in [2.75, 3.05) is 5.75 Å². The van der Waals surface area contributed by atoms with Crippen LogP contribution in [0.4, 0.5) is 0 Å². The molecule has 0 aromatic rings. The summed E-state index contributed by atoms with van der Waals surface area (Å²) in [5, 5.41) is 8.75. The van der Waals surface area contributed by atoms with Gasteiger partial charge in [0.05, 0.1) is 11.3 Å². The van der Waals surface area contributed by atoms with Crippen LogP contribution in [-0.2, 0) is 0 Å². The topological polar surface area (TPSA) is 23.8 Å². The summed E-state index contributed by atoms with van der Waals surface area (Å²) in [5.74, 6) is 1.52. The zero-order valence-corrected chi connectivity index (χ0v) is 7.03. The van der Waals surface area contributed by atoms with Gasteiger partial charge in [-0.05, 0) is 11.7 Å². The largest absolute Gasteiger partial charge is 0.197 e. The molecule has 0 aliphatic heterocycles. The van der Waals surface area contributed by atoms with Crippen LogP contribution in [0.15, 0.2) is 0 Å². The third-order valence-corrected chi connectivity index (χ3v) is 2.42. The van der Waals surface area contributed by atoms with E-state index in [-0.39, 0.29) is 5.25 Å². The molecule has 0 aliphatic rings. The molecule has 0 N–H and O–H groups in total. The maximum Gasteiger partial charge on any atom is 0.0939 e.